The van der Waals surface area contributed by atoms with Crippen LogP contribution in [0.2, 0.25) is 0 Å². The SMILES string of the molecule is CCOC(=O)c1cn(-c2ccc(C(F)(F)F)cc2)nc1C(F)F.OCc1cn(-c2ccc(C(F)(F)F)cc2)nc1C(F)F. The van der Waals surface area contributed by atoms with Gasteiger partial charge in [-0.05, 0) is 55.5 Å². The quantitative estimate of drug-likeness (QED) is 0.172. The van der Waals surface area contributed by atoms with Gasteiger partial charge in [0.2, 0.25) is 0 Å². The number of nitrogens with zero attached hydrogens (tertiary/aromatic N) is 4. The first-order chi connectivity index (χ1) is 20.1. The fraction of sp³-hybridized carbons (Fsp3) is 0.269. The van der Waals surface area contributed by atoms with Crippen LogP contribution in [0.4, 0.5) is 43.9 Å². The molecule has 0 fully saturated rings. The lowest BCUT2D eigenvalue weighted by Crippen LogP contribution is -2.06. The predicted octanol–water partition coefficient (Wildman–Crippen LogP) is 7.33. The molecule has 0 unspecified atom stereocenters. The smallest absolute Gasteiger partial charge is 0.416 e. The molecule has 0 aliphatic carbocycles. The summed E-state index contributed by atoms with van der Waals surface area (Å²) in [5.74, 6) is -0.971. The van der Waals surface area contributed by atoms with E-state index in [1.165, 1.54) is 6.92 Å². The molecule has 0 spiro atoms. The van der Waals surface area contributed by atoms with Gasteiger partial charge in [-0.1, -0.05) is 0 Å². The topological polar surface area (TPSA) is 82.2 Å². The van der Waals surface area contributed by atoms with Crippen LogP contribution in [0.15, 0.2) is 60.9 Å². The first-order valence-electron chi connectivity index (χ1n) is 11.9. The maximum Gasteiger partial charge on any atom is 0.416 e. The molecule has 2 aromatic heterocycles. The number of aliphatic hydroxyl groups excluding tert-OH is 1. The first kappa shape index (κ1) is 33.1. The molecule has 43 heavy (non-hydrogen) atoms. The van der Waals surface area contributed by atoms with E-state index in [0.717, 1.165) is 70.3 Å². The molecule has 0 bridgehead atoms. The van der Waals surface area contributed by atoms with Crippen molar-refractivity contribution < 1.29 is 58.5 Å². The van der Waals surface area contributed by atoms with E-state index in [9.17, 15) is 48.7 Å². The van der Waals surface area contributed by atoms with Crippen molar-refractivity contribution in [2.75, 3.05) is 6.61 Å². The number of carbonyl (C=O) groups excluding carboxylic acids is 1. The molecule has 232 valence electrons. The monoisotopic (exact) mass is 626 g/mol. The molecule has 0 atom stereocenters. The van der Waals surface area contributed by atoms with E-state index in [0.29, 0.717) is 0 Å². The van der Waals surface area contributed by atoms with Crippen molar-refractivity contribution in [3.8, 4) is 11.4 Å². The van der Waals surface area contributed by atoms with Crippen LogP contribution in [0.25, 0.3) is 11.4 Å². The minimum absolute atomic E-state index is 0.00697. The van der Waals surface area contributed by atoms with Crippen LogP contribution in [0.5, 0.6) is 0 Å². The number of hydrogen-bond acceptors (Lipinski definition) is 5. The third-order valence-corrected chi connectivity index (χ3v) is 5.56. The molecule has 0 amide bonds. The second-order valence-corrected chi connectivity index (χ2v) is 8.43. The van der Waals surface area contributed by atoms with Crippen LogP contribution in [-0.4, -0.2) is 37.2 Å². The summed E-state index contributed by atoms with van der Waals surface area (Å²) >= 11 is 0. The number of esters is 1. The number of aromatic nitrogens is 4. The number of ether oxygens (including phenoxy) is 1. The molecular weight excluding hydrogens is 606 g/mol. The van der Waals surface area contributed by atoms with Crippen molar-refractivity contribution in [1.29, 1.82) is 0 Å². The third-order valence-electron chi connectivity index (χ3n) is 5.56. The zero-order chi connectivity index (χ0) is 32.1. The van der Waals surface area contributed by atoms with E-state index >= 15 is 0 Å². The molecule has 2 heterocycles. The van der Waals surface area contributed by atoms with Crippen molar-refractivity contribution in [3.05, 3.63) is 94.6 Å². The summed E-state index contributed by atoms with van der Waals surface area (Å²) in [6.07, 6.45) is -12.7. The van der Waals surface area contributed by atoms with Crippen molar-refractivity contribution in [2.45, 2.75) is 38.7 Å². The van der Waals surface area contributed by atoms with E-state index in [-0.39, 0.29) is 23.5 Å². The minimum Gasteiger partial charge on any atom is -0.462 e. The third kappa shape index (κ3) is 8.12. The van der Waals surface area contributed by atoms with Crippen molar-refractivity contribution in [1.82, 2.24) is 19.6 Å². The molecule has 0 radical (unpaired) electrons. The van der Waals surface area contributed by atoms with E-state index < -0.39 is 65.9 Å². The van der Waals surface area contributed by atoms with E-state index in [1.807, 2.05) is 0 Å². The standard InChI is InChI=1S/C14H11F5N2O2.C12H9F5N2O/c1-2-23-13(22)10-7-21(20-11(10)12(15)16)9-5-3-8(4-6-9)14(17,18)19;13-11(14)10-7(6-20)5-19(18-10)9-3-1-8(2-4-9)12(15,16)17/h3-7,12H,2H2,1H3;1-5,11,20H,6H2. The molecule has 0 aliphatic heterocycles. The fourth-order valence-electron chi connectivity index (χ4n) is 3.51. The highest BCUT2D eigenvalue weighted by Gasteiger charge is 2.31. The summed E-state index contributed by atoms with van der Waals surface area (Å²) < 4.78 is 132. The van der Waals surface area contributed by atoms with Crippen LogP contribution in [-0.2, 0) is 23.7 Å². The number of halogens is 10. The first-order valence-corrected chi connectivity index (χ1v) is 11.9. The van der Waals surface area contributed by atoms with E-state index in [2.05, 4.69) is 14.9 Å². The minimum atomic E-state index is -4.51. The Morgan fingerprint density at radius 1 is 0.767 bits per heavy atom. The lowest BCUT2D eigenvalue weighted by Gasteiger charge is -2.07. The Balaban J connectivity index is 0.000000238. The van der Waals surface area contributed by atoms with E-state index in [4.69, 9.17) is 5.11 Å². The average molecular weight is 626 g/mol. The molecule has 4 aromatic rings. The maximum atomic E-state index is 12.9. The molecule has 17 heteroatoms. The molecule has 7 nitrogen and oxygen atoms in total. The van der Waals surface area contributed by atoms with Crippen LogP contribution in [0.3, 0.4) is 0 Å². The molecule has 0 saturated heterocycles. The van der Waals surface area contributed by atoms with Gasteiger partial charge in [0, 0.05) is 18.0 Å². The maximum absolute atomic E-state index is 12.9. The molecule has 2 aromatic carbocycles. The lowest BCUT2D eigenvalue weighted by molar-refractivity contribution is -0.138. The zero-order valence-corrected chi connectivity index (χ0v) is 21.7. The molecule has 1 N–H and O–H groups in total. The Bertz CT molecular complexity index is 1510. The zero-order valence-electron chi connectivity index (χ0n) is 21.7. The van der Waals surface area contributed by atoms with Crippen LogP contribution in [0, 0.1) is 0 Å². The number of alkyl halides is 10. The Morgan fingerprint density at radius 2 is 1.19 bits per heavy atom. The average Bonchev–Trinajstić information content (AvgIpc) is 3.59. The van der Waals surface area contributed by atoms with Crippen molar-refractivity contribution in [2.24, 2.45) is 0 Å². The van der Waals surface area contributed by atoms with Gasteiger partial charge in [0.15, 0.2) is 0 Å². The van der Waals surface area contributed by atoms with Gasteiger partial charge in [0.1, 0.15) is 17.0 Å². The number of rotatable bonds is 7. The summed E-state index contributed by atoms with van der Waals surface area (Å²) in [6, 6.07) is 7.63. The van der Waals surface area contributed by atoms with Gasteiger partial charge < -0.3 is 9.84 Å². The number of aliphatic hydroxyl groups is 1. The van der Waals surface area contributed by atoms with Gasteiger partial charge in [0.25, 0.3) is 12.9 Å². The fourth-order valence-corrected chi connectivity index (χ4v) is 3.51. The van der Waals surface area contributed by atoms with Gasteiger partial charge in [-0.2, -0.15) is 36.5 Å². The number of carbonyl (C=O) groups is 1. The lowest BCUT2D eigenvalue weighted by atomic mass is 10.2. The highest BCUT2D eigenvalue weighted by Crippen LogP contribution is 2.31. The highest BCUT2D eigenvalue weighted by atomic mass is 19.4. The predicted molar refractivity (Wildman–Crippen MR) is 129 cm³/mol. The van der Waals surface area contributed by atoms with Gasteiger partial charge >= 0.3 is 18.3 Å². The van der Waals surface area contributed by atoms with Crippen molar-refractivity contribution in [3.63, 3.8) is 0 Å². The van der Waals surface area contributed by atoms with Gasteiger partial charge in [0.05, 0.1) is 35.7 Å². The Hall–Kier alpha value is -4.41. The Morgan fingerprint density at radius 3 is 1.53 bits per heavy atom. The number of benzene rings is 2. The second-order valence-electron chi connectivity index (χ2n) is 8.43. The van der Waals surface area contributed by atoms with Crippen molar-refractivity contribution >= 4 is 5.97 Å². The van der Waals surface area contributed by atoms with Crippen LogP contribution in [0.1, 0.15) is 58.2 Å². The summed E-state index contributed by atoms with van der Waals surface area (Å²) in [4.78, 5) is 11.6. The number of hydrogen-bond donors (Lipinski definition) is 1. The van der Waals surface area contributed by atoms with Gasteiger partial charge in [-0.25, -0.2) is 31.7 Å². The van der Waals surface area contributed by atoms with Crippen LogP contribution < -0.4 is 0 Å². The normalized spacial score (nSPS) is 12.0. The summed E-state index contributed by atoms with van der Waals surface area (Å²) in [7, 11) is 0. The van der Waals surface area contributed by atoms with Gasteiger partial charge in [-0.15, -0.1) is 0 Å². The summed E-state index contributed by atoms with van der Waals surface area (Å²) in [6.45, 7) is 0.882. The Kier molecular flexibility index (Phi) is 10.2. The summed E-state index contributed by atoms with van der Waals surface area (Å²) in [5, 5.41) is 16.1. The molecule has 0 aliphatic rings. The molecular formula is C26H20F10N4O3. The van der Waals surface area contributed by atoms with E-state index in [1.54, 1.807) is 0 Å². The largest absolute Gasteiger partial charge is 0.462 e. The molecule has 0 saturated carbocycles. The second kappa shape index (κ2) is 13.3. The Labute approximate surface area is 235 Å². The van der Waals surface area contributed by atoms with Crippen LogP contribution >= 0.6 is 0 Å². The molecule has 4 rings (SSSR count). The van der Waals surface area contributed by atoms with Gasteiger partial charge in [-0.3, -0.25) is 0 Å². The summed E-state index contributed by atoms with van der Waals surface area (Å²) in [5.41, 5.74) is -3.30. The highest BCUT2D eigenvalue weighted by molar-refractivity contribution is 5.90.